The summed E-state index contributed by atoms with van der Waals surface area (Å²) in [4.78, 5) is 13.4. The predicted molar refractivity (Wildman–Crippen MR) is 99.8 cm³/mol. The molecule has 5 rings (SSSR count). The first-order chi connectivity index (χ1) is 13.5. The number of rotatable bonds is 2. The third-order valence-corrected chi connectivity index (χ3v) is 4.64. The van der Waals surface area contributed by atoms with Crippen molar-refractivity contribution in [3.63, 3.8) is 0 Å². The first kappa shape index (κ1) is 16.5. The van der Waals surface area contributed by atoms with Crippen molar-refractivity contribution in [2.45, 2.75) is 13.8 Å². The lowest BCUT2D eigenvalue weighted by Crippen LogP contribution is -1.97. The average Bonchev–Trinajstić information content (AvgIpc) is 3.29. The number of hydrogen-bond donors (Lipinski definition) is 0. The van der Waals surface area contributed by atoms with E-state index in [2.05, 4.69) is 20.1 Å². The Hall–Kier alpha value is -3.68. The molecule has 4 aromatic heterocycles. The second-order valence-corrected chi connectivity index (χ2v) is 6.59. The molecule has 0 aliphatic heterocycles. The molecule has 1 aromatic carbocycles. The molecular weight excluding hydrogens is 362 g/mol. The van der Waals surface area contributed by atoms with Crippen LogP contribution in [0, 0.1) is 25.5 Å². The van der Waals surface area contributed by atoms with E-state index < -0.39 is 11.6 Å². The summed E-state index contributed by atoms with van der Waals surface area (Å²) in [5.74, 6) is -0.714. The second kappa shape index (κ2) is 5.91. The van der Waals surface area contributed by atoms with Crippen LogP contribution in [0.5, 0.6) is 0 Å². The zero-order valence-corrected chi connectivity index (χ0v) is 15.1. The molecule has 0 saturated heterocycles. The lowest BCUT2D eigenvalue weighted by Gasteiger charge is -1.98. The molecule has 0 atom stereocenters. The summed E-state index contributed by atoms with van der Waals surface area (Å²) in [7, 11) is 0. The molecule has 28 heavy (non-hydrogen) atoms. The van der Waals surface area contributed by atoms with Crippen LogP contribution in [0.15, 0.2) is 48.9 Å². The van der Waals surface area contributed by atoms with Crippen LogP contribution in [0.25, 0.3) is 33.9 Å². The highest BCUT2D eigenvalue weighted by Gasteiger charge is 2.14. The molecule has 6 nitrogen and oxygen atoms in total. The molecular formula is C20H14F2N6. The maximum absolute atomic E-state index is 14.1. The number of benzene rings is 1. The number of imidazole rings is 1. The Morgan fingerprint density at radius 2 is 1.86 bits per heavy atom. The van der Waals surface area contributed by atoms with Crippen LogP contribution in [0.3, 0.4) is 0 Å². The van der Waals surface area contributed by atoms with Gasteiger partial charge in [0.15, 0.2) is 11.5 Å². The van der Waals surface area contributed by atoms with E-state index in [0.717, 1.165) is 23.0 Å². The van der Waals surface area contributed by atoms with E-state index in [4.69, 9.17) is 0 Å². The highest BCUT2D eigenvalue weighted by Crippen LogP contribution is 2.25. The maximum atomic E-state index is 14.1. The Morgan fingerprint density at radius 3 is 2.64 bits per heavy atom. The number of nitrogens with zero attached hydrogens (tertiary/aromatic N) is 6. The predicted octanol–water partition coefficient (Wildman–Crippen LogP) is 4.00. The highest BCUT2D eigenvalue weighted by atomic mass is 19.1. The molecule has 0 N–H and O–H groups in total. The van der Waals surface area contributed by atoms with Crippen LogP contribution in [0.4, 0.5) is 8.78 Å². The number of fused-ring (bicyclic) bond motifs is 2. The van der Waals surface area contributed by atoms with Gasteiger partial charge in [-0.1, -0.05) is 0 Å². The van der Waals surface area contributed by atoms with Gasteiger partial charge in [0.2, 0.25) is 0 Å². The first-order valence-corrected chi connectivity index (χ1v) is 8.63. The first-order valence-electron chi connectivity index (χ1n) is 8.63. The zero-order valence-electron chi connectivity index (χ0n) is 15.1. The fourth-order valence-electron chi connectivity index (χ4n) is 3.17. The minimum atomic E-state index is -0.649. The van der Waals surface area contributed by atoms with Gasteiger partial charge < -0.3 is 4.40 Å². The number of aryl methyl sites for hydroxylation is 2. The summed E-state index contributed by atoms with van der Waals surface area (Å²) in [6.07, 6.45) is 5.26. The van der Waals surface area contributed by atoms with E-state index in [9.17, 15) is 8.78 Å². The van der Waals surface area contributed by atoms with Gasteiger partial charge in [0.05, 0.1) is 17.1 Å². The molecule has 0 amide bonds. The van der Waals surface area contributed by atoms with E-state index in [-0.39, 0.29) is 5.56 Å². The Kier molecular flexibility index (Phi) is 3.48. The SMILES string of the molecule is Cc1ncc(C)n2nc(-c3ccn4cc(-c5ccc(F)cc5F)nc4c3)nc12. The molecule has 0 saturated carbocycles. The minimum Gasteiger partial charge on any atom is -0.306 e. The van der Waals surface area contributed by atoms with Crippen molar-refractivity contribution < 1.29 is 8.78 Å². The van der Waals surface area contributed by atoms with Crippen molar-refractivity contribution in [2.75, 3.05) is 0 Å². The van der Waals surface area contributed by atoms with Gasteiger partial charge >= 0.3 is 0 Å². The Balaban J connectivity index is 1.62. The lowest BCUT2D eigenvalue weighted by molar-refractivity contribution is 0.585. The smallest absolute Gasteiger partial charge is 0.182 e. The van der Waals surface area contributed by atoms with Crippen LogP contribution >= 0.6 is 0 Å². The lowest BCUT2D eigenvalue weighted by atomic mass is 10.1. The summed E-state index contributed by atoms with van der Waals surface area (Å²) >= 11 is 0. The van der Waals surface area contributed by atoms with Gasteiger partial charge in [-0.3, -0.25) is 4.98 Å². The molecule has 4 heterocycles. The monoisotopic (exact) mass is 376 g/mol. The average molecular weight is 376 g/mol. The van der Waals surface area contributed by atoms with Gasteiger partial charge in [0.1, 0.15) is 17.3 Å². The van der Waals surface area contributed by atoms with E-state index >= 15 is 0 Å². The van der Waals surface area contributed by atoms with Gasteiger partial charge in [0, 0.05) is 35.8 Å². The van der Waals surface area contributed by atoms with Crippen LogP contribution in [-0.2, 0) is 0 Å². The largest absolute Gasteiger partial charge is 0.306 e. The van der Waals surface area contributed by atoms with Gasteiger partial charge in [-0.15, -0.1) is 5.10 Å². The minimum absolute atomic E-state index is 0.245. The fraction of sp³-hybridized carbons (Fsp3) is 0.100. The van der Waals surface area contributed by atoms with E-state index in [1.807, 2.05) is 32.2 Å². The van der Waals surface area contributed by atoms with Gasteiger partial charge in [-0.2, -0.15) is 0 Å². The summed E-state index contributed by atoms with van der Waals surface area (Å²) in [5, 5.41) is 4.57. The Morgan fingerprint density at radius 1 is 1.00 bits per heavy atom. The van der Waals surface area contributed by atoms with Gasteiger partial charge in [0.25, 0.3) is 0 Å². The molecule has 8 heteroatoms. The van der Waals surface area contributed by atoms with Gasteiger partial charge in [-0.25, -0.2) is 23.3 Å². The van der Waals surface area contributed by atoms with Crippen molar-refractivity contribution >= 4 is 11.3 Å². The highest BCUT2D eigenvalue weighted by molar-refractivity contribution is 5.68. The Labute approximate surface area is 158 Å². The number of aromatic nitrogens is 6. The van der Waals surface area contributed by atoms with Crippen molar-refractivity contribution in [1.82, 2.24) is 29.0 Å². The fourth-order valence-corrected chi connectivity index (χ4v) is 3.17. The van der Waals surface area contributed by atoms with Crippen LogP contribution in [0.2, 0.25) is 0 Å². The maximum Gasteiger partial charge on any atom is 0.182 e. The summed E-state index contributed by atoms with van der Waals surface area (Å²) in [6.45, 7) is 3.80. The molecule has 0 unspecified atom stereocenters. The third-order valence-electron chi connectivity index (χ3n) is 4.64. The van der Waals surface area contributed by atoms with Crippen LogP contribution < -0.4 is 0 Å². The molecule has 0 bridgehead atoms. The normalized spacial score (nSPS) is 11.6. The molecule has 0 aliphatic rings. The third kappa shape index (κ3) is 2.53. The van der Waals surface area contributed by atoms with Crippen molar-refractivity contribution in [3.8, 4) is 22.6 Å². The van der Waals surface area contributed by atoms with Gasteiger partial charge in [-0.05, 0) is 38.1 Å². The summed E-state index contributed by atoms with van der Waals surface area (Å²) in [6, 6.07) is 7.15. The van der Waals surface area contributed by atoms with Crippen molar-refractivity contribution in [3.05, 3.63) is 71.9 Å². The molecule has 5 aromatic rings. The summed E-state index contributed by atoms with van der Waals surface area (Å²) in [5.41, 5.74) is 4.44. The molecule has 0 radical (unpaired) electrons. The number of halogens is 2. The van der Waals surface area contributed by atoms with Crippen LogP contribution in [-0.4, -0.2) is 29.0 Å². The quantitative estimate of drug-likeness (QED) is 0.467. The molecule has 0 aliphatic carbocycles. The number of hydrogen-bond acceptors (Lipinski definition) is 4. The molecule has 0 spiro atoms. The van der Waals surface area contributed by atoms with Crippen molar-refractivity contribution in [1.29, 1.82) is 0 Å². The van der Waals surface area contributed by atoms with E-state index in [1.54, 1.807) is 21.3 Å². The molecule has 0 fully saturated rings. The standard InChI is InChI=1S/C20H14F2N6/c1-11-9-23-12(2)20-25-19(26-28(11)20)13-5-6-27-10-17(24-18(27)7-13)15-4-3-14(21)8-16(15)22/h3-10H,1-2H3. The topological polar surface area (TPSA) is 60.4 Å². The van der Waals surface area contributed by atoms with Crippen molar-refractivity contribution in [2.24, 2.45) is 0 Å². The summed E-state index contributed by atoms with van der Waals surface area (Å²) < 4.78 is 30.8. The second-order valence-electron chi connectivity index (χ2n) is 6.59. The molecule has 138 valence electrons. The number of pyridine rings is 1. The zero-order chi connectivity index (χ0) is 19.4. The van der Waals surface area contributed by atoms with E-state index in [1.165, 1.54) is 12.1 Å². The van der Waals surface area contributed by atoms with Crippen LogP contribution in [0.1, 0.15) is 11.4 Å². The van der Waals surface area contributed by atoms with E-state index in [0.29, 0.717) is 22.8 Å². The Bertz CT molecular complexity index is 1330.